The van der Waals surface area contributed by atoms with E-state index in [4.69, 9.17) is 5.73 Å². The highest BCUT2D eigenvalue weighted by molar-refractivity contribution is 6.23. The molecule has 326 valence electrons. The number of aromatic nitrogens is 2. The normalized spacial score (nSPS) is 27.0. The number of phenolic OH excluding ortho intramolecular Hbond substituents is 1. The van der Waals surface area contributed by atoms with Gasteiger partial charge in [0.15, 0.2) is 5.78 Å². The number of ketones is 1. The lowest BCUT2D eigenvalue weighted by Crippen LogP contribution is -2.70. The van der Waals surface area contributed by atoms with Crippen LogP contribution in [0.25, 0.3) is 0 Å². The third-order valence-electron chi connectivity index (χ3n) is 13.9. The number of benzene rings is 3. The summed E-state index contributed by atoms with van der Waals surface area (Å²) in [5.41, 5.74) is 10.3. The number of aromatic hydroxyl groups is 1. The van der Waals surface area contributed by atoms with Gasteiger partial charge in [0.1, 0.15) is 11.8 Å². The summed E-state index contributed by atoms with van der Waals surface area (Å²) in [6, 6.07) is 21.6. The summed E-state index contributed by atoms with van der Waals surface area (Å²) in [5, 5.41) is 24.9. The Morgan fingerprint density at radius 1 is 0.841 bits per heavy atom. The number of nitrogens with one attached hydrogen (secondary N) is 2. The van der Waals surface area contributed by atoms with Gasteiger partial charge in [-0.05, 0) is 74.4 Å². The van der Waals surface area contributed by atoms with E-state index >= 15 is 4.79 Å². The smallest absolute Gasteiger partial charge is 0.262 e. The maximum absolute atomic E-state index is 15.3. The van der Waals surface area contributed by atoms with Gasteiger partial charge in [0.25, 0.3) is 11.8 Å². The number of fused-ring (bicyclic) bond motifs is 1. The Hall–Kier alpha value is -6.52. The molecule has 9 rings (SSSR count). The molecule has 16 heteroatoms. The molecule has 63 heavy (non-hydrogen) atoms. The fraction of sp³-hybridized carbons (Fsp3) is 0.404. The minimum absolute atomic E-state index is 0.0386. The highest BCUT2D eigenvalue weighted by atomic mass is 16.3. The molecule has 0 radical (unpaired) electrons. The number of carbonyl (C=O) groups is 6. The van der Waals surface area contributed by atoms with Crippen LogP contribution in [-0.2, 0) is 24.7 Å². The maximum Gasteiger partial charge on any atom is 0.262 e. The van der Waals surface area contributed by atoms with Crippen molar-refractivity contribution >= 4 is 46.7 Å². The lowest BCUT2D eigenvalue weighted by molar-refractivity contribution is -0.138. The van der Waals surface area contributed by atoms with Gasteiger partial charge in [0.05, 0.1) is 46.8 Å². The van der Waals surface area contributed by atoms with Gasteiger partial charge < -0.3 is 26.0 Å². The fourth-order valence-electron chi connectivity index (χ4n) is 10.9. The van der Waals surface area contributed by atoms with Crippen LogP contribution in [0.1, 0.15) is 89.8 Å². The molecule has 5 amide bonds. The van der Waals surface area contributed by atoms with E-state index in [0.29, 0.717) is 58.3 Å². The summed E-state index contributed by atoms with van der Waals surface area (Å²) in [4.78, 5) is 86.7. The van der Waals surface area contributed by atoms with Crippen LogP contribution in [0.4, 0.5) is 11.4 Å². The zero-order chi connectivity index (χ0) is 44.0. The van der Waals surface area contributed by atoms with E-state index < -0.39 is 47.3 Å². The molecule has 1 aromatic heterocycles. The fourth-order valence-corrected chi connectivity index (χ4v) is 10.9. The average molecular weight is 854 g/mol. The molecule has 5 aliphatic rings. The summed E-state index contributed by atoms with van der Waals surface area (Å²) >= 11 is 0. The number of amides is 5. The lowest BCUT2D eigenvalue weighted by Gasteiger charge is -2.59. The molecule has 6 unspecified atom stereocenters. The molecule has 4 fully saturated rings. The van der Waals surface area contributed by atoms with Gasteiger partial charge in [0.2, 0.25) is 17.7 Å². The molecule has 6 heterocycles. The number of likely N-dealkylation sites (tertiary alicyclic amines) is 1. The monoisotopic (exact) mass is 853 g/mol. The Kier molecular flexibility index (Phi) is 11.3. The SMILES string of the molecule is CC(=O)NC1CCN(C2(c3ccccc3)CC(c3ccccc3O)N(c3ccnnc3)CC2N)C(C(=O)C2CCN(c3ccc4c(c3)C(=O)N(C3CCC(=O)NC3=O)C4=O)CC2)C1. The van der Waals surface area contributed by atoms with E-state index in [0.717, 1.165) is 27.4 Å². The predicted molar refractivity (Wildman–Crippen MR) is 231 cm³/mol. The second-order valence-electron chi connectivity index (χ2n) is 17.4. The first-order chi connectivity index (χ1) is 30.4. The number of nitrogens with two attached hydrogens (primary N) is 1. The first kappa shape index (κ1) is 41.8. The largest absolute Gasteiger partial charge is 0.508 e. The van der Waals surface area contributed by atoms with Crippen LogP contribution in [0.5, 0.6) is 5.75 Å². The van der Waals surface area contributed by atoms with Crippen LogP contribution in [0.15, 0.2) is 91.3 Å². The van der Waals surface area contributed by atoms with Gasteiger partial charge in [-0.2, -0.15) is 10.2 Å². The van der Waals surface area contributed by atoms with Crippen molar-refractivity contribution in [2.75, 3.05) is 36.0 Å². The quantitative estimate of drug-likeness (QED) is 0.179. The molecule has 6 atom stereocenters. The van der Waals surface area contributed by atoms with Gasteiger partial charge >= 0.3 is 0 Å². The molecule has 0 bridgehead atoms. The number of Topliss-reactive ketones (excluding diaryl/α,β-unsaturated/α-hetero) is 1. The average Bonchev–Trinajstić information content (AvgIpc) is 3.54. The number of carbonyl (C=O) groups excluding carboxylic acids is 6. The van der Waals surface area contributed by atoms with Crippen LogP contribution in [0.2, 0.25) is 0 Å². The topological polar surface area (TPSA) is 211 Å². The van der Waals surface area contributed by atoms with E-state index in [1.807, 2.05) is 36.4 Å². The van der Waals surface area contributed by atoms with Crippen molar-refractivity contribution in [2.24, 2.45) is 11.7 Å². The lowest BCUT2D eigenvalue weighted by atomic mass is 9.69. The minimum atomic E-state index is -1.05. The van der Waals surface area contributed by atoms with Gasteiger partial charge in [-0.1, -0.05) is 48.5 Å². The van der Waals surface area contributed by atoms with Crippen LogP contribution in [0, 0.1) is 5.92 Å². The molecular weight excluding hydrogens is 803 g/mol. The number of rotatable bonds is 9. The molecule has 0 spiro atoms. The summed E-state index contributed by atoms with van der Waals surface area (Å²) < 4.78 is 0. The Bertz CT molecular complexity index is 2450. The van der Waals surface area contributed by atoms with E-state index in [-0.39, 0.29) is 59.4 Å². The van der Waals surface area contributed by atoms with Crippen LogP contribution in [-0.4, -0.2) is 111 Å². The van der Waals surface area contributed by atoms with Gasteiger partial charge in [-0.3, -0.25) is 43.9 Å². The number of phenols is 1. The second-order valence-corrected chi connectivity index (χ2v) is 17.4. The highest BCUT2D eigenvalue weighted by Crippen LogP contribution is 2.51. The molecule has 0 saturated carbocycles. The molecule has 0 aliphatic carbocycles. The molecular formula is C47H51N9O7. The Labute approximate surface area is 364 Å². The maximum atomic E-state index is 15.3. The Morgan fingerprint density at radius 3 is 2.30 bits per heavy atom. The Morgan fingerprint density at radius 2 is 1.59 bits per heavy atom. The summed E-state index contributed by atoms with van der Waals surface area (Å²) in [5.74, 6) is -2.45. The number of imide groups is 2. The molecule has 4 saturated heterocycles. The van der Waals surface area contributed by atoms with E-state index in [2.05, 4.69) is 47.7 Å². The van der Waals surface area contributed by atoms with E-state index in [1.54, 1.807) is 42.7 Å². The van der Waals surface area contributed by atoms with Gasteiger partial charge in [-0.25, -0.2) is 0 Å². The zero-order valence-electron chi connectivity index (χ0n) is 35.1. The minimum Gasteiger partial charge on any atom is -0.508 e. The predicted octanol–water partition coefficient (Wildman–Crippen LogP) is 3.21. The van der Waals surface area contributed by atoms with Crippen molar-refractivity contribution in [3.8, 4) is 5.75 Å². The summed E-state index contributed by atoms with van der Waals surface area (Å²) in [6.45, 7) is 3.40. The van der Waals surface area contributed by atoms with Crippen LogP contribution >= 0.6 is 0 Å². The third-order valence-corrected chi connectivity index (χ3v) is 13.9. The standard InChI is InChI=1S/C47H51N9O7/c1-28(57)51-31-18-22-55(47(30-7-3-2-4-8-30)25-39(35-9-5-6-10-40(35)58)54(27-41(47)48)33-15-19-49-50-26-33)38(23-31)43(60)29-16-20-53(21-17-29)32-11-12-34-36(24-32)46(63)56(45(34)62)37-13-14-42(59)52-44(37)61/h2-12,15,19,24,26,29,31,37-39,41,58H,13-14,16-18,20-23,25,27,48H2,1H3,(H,51,57)(H,52,59,61). The number of piperidine rings is 4. The molecule has 3 aromatic carbocycles. The van der Waals surface area contributed by atoms with Crippen molar-refractivity contribution in [3.63, 3.8) is 0 Å². The van der Waals surface area contributed by atoms with Crippen molar-refractivity contribution in [3.05, 3.63) is 114 Å². The number of hydrogen-bond acceptors (Lipinski definition) is 13. The van der Waals surface area contributed by atoms with Gasteiger partial charge in [0, 0.05) is 68.8 Å². The molecule has 4 aromatic rings. The third kappa shape index (κ3) is 7.60. The number of nitrogens with zero attached hydrogens (tertiary/aromatic N) is 6. The van der Waals surface area contributed by atoms with Crippen LogP contribution in [0.3, 0.4) is 0 Å². The van der Waals surface area contributed by atoms with Gasteiger partial charge in [-0.15, -0.1) is 0 Å². The first-order valence-corrected chi connectivity index (χ1v) is 21.7. The number of anilines is 2. The highest BCUT2D eigenvalue weighted by Gasteiger charge is 2.56. The summed E-state index contributed by atoms with van der Waals surface area (Å²) in [7, 11) is 0. The van der Waals surface area contributed by atoms with Crippen molar-refractivity contribution < 1.29 is 33.9 Å². The molecule has 5 N–H and O–H groups in total. The van der Waals surface area contributed by atoms with E-state index in [1.165, 1.54) is 6.92 Å². The number of hydrogen-bond donors (Lipinski definition) is 4. The Balaban J connectivity index is 1.01. The van der Waals surface area contributed by atoms with E-state index in [9.17, 15) is 29.1 Å². The van der Waals surface area contributed by atoms with Crippen LogP contribution < -0.4 is 26.2 Å². The van der Waals surface area contributed by atoms with Crippen molar-refractivity contribution in [2.45, 2.75) is 87.6 Å². The molecule has 5 aliphatic heterocycles. The summed E-state index contributed by atoms with van der Waals surface area (Å²) in [6.07, 6.45) is 5.98. The zero-order valence-corrected chi connectivity index (χ0v) is 35.1. The number of para-hydroxylation sites is 1. The van der Waals surface area contributed by atoms with Crippen molar-refractivity contribution in [1.29, 1.82) is 0 Å². The first-order valence-electron chi connectivity index (χ1n) is 21.7. The second kappa shape index (κ2) is 17.0. The van der Waals surface area contributed by atoms with Crippen molar-refractivity contribution in [1.82, 2.24) is 30.6 Å². The molecule has 16 nitrogen and oxygen atoms in total.